The maximum absolute atomic E-state index is 5.99. The Balaban J connectivity index is 2.12. The van der Waals surface area contributed by atoms with Gasteiger partial charge in [0.1, 0.15) is 0 Å². The van der Waals surface area contributed by atoms with Gasteiger partial charge in [0, 0.05) is 42.9 Å². The first-order valence-electron chi connectivity index (χ1n) is 5.56. The first-order valence-corrected chi connectivity index (χ1v) is 5.56. The van der Waals surface area contributed by atoms with Crippen molar-refractivity contribution in [3.8, 4) is 0 Å². The van der Waals surface area contributed by atoms with Crippen LogP contribution in [0.5, 0.6) is 0 Å². The van der Waals surface area contributed by atoms with Gasteiger partial charge in [0.15, 0.2) is 6.21 Å². The molecule has 1 aliphatic rings. The molecule has 84 valence electrons. The van der Waals surface area contributed by atoms with Gasteiger partial charge in [-0.2, -0.15) is 0 Å². The van der Waals surface area contributed by atoms with Crippen LogP contribution in [0.25, 0.3) is 0 Å². The lowest BCUT2D eigenvalue weighted by Gasteiger charge is -2.22. The molecule has 0 unspecified atom stereocenters. The minimum Gasteiger partial charge on any atom is -0.402 e. The molecule has 2 rings (SSSR count). The third-order valence-electron chi connectivity index (χ3n) is 2.80. The lowest BCUT2D eigenvalue weighted by molar-refractivity contribution is -0.347. The van der Waals surface area contributed by atoms with Gasteiger partial charge in [-0.25, -0.2) is 4.99 Å². The van der Waals surface area contributed by atoms with Crippen LogP contribution in [0.3, 0.4) is 0 Å². The van der Waals surface area contributed by atoms with Crippen molar-refractivity contribution in [2.45, 2.75) is 6.42 Å². The van der Waals surface area contributed by atoms with Crippen molar-refractivity contribution in [3.63, 3.8) is 0 Å². The maximum atomic E-state index is 5.99. The van der Waals surface area contributed by atoms with Gasteiger partial charge in [0.05, 0.1) is 0 Å². The highest BCUT2D eigenvalue weighted by atomic mass is 15.1. The van der Waals surface area contributed by atoms with Crippen molar-refractivity contribution in [1.29, 1.82) is 0 Å². The van der Waals surface area contributed by atoms with Crippen molar-refractivity contribution >= 4 is 11.9 Å². The Morgan fingerprint density at radius 2 is 2.06 bits per heavy atom. The molecule has 1 aromatic rings. The molecule has 0 aliphatic carbocycles. The van der Waals surface area contributed by atoms with Crippen LogP contribution in [0.15, 0.2) is 41.6 Å². The standard InChI is InChI=1S/C13H17N3/c1-16-8-7-13(14)11(10-16)9-15-12-5-3-2-4-6-12/h2-6,9H,7-8,10,14H2,1H3/p+1. The molecule has 0 saturated carbocycles. The van der Waals surface area contributed by atoms with Crippen molar-refractivity contribution in [1.82, 2.24) is 4.90 Å². The molecule has 0 bridgehead atoms. The summed E-state index contributed by atoms with van der Waals surface area (Å²) in [5.74, 6) is 0. The highest BCUT2D eigenvalue weighted by Crippen LogP contribution is 2.09. The Labute approximate surface area is 96.3 Å². The molecule has 0 spiro atoms. The van der Waals surface area contributed by atoms with Crippen LogP contribution in [0.1, 0.15) is 6.42 Å². The van der Waals surface area contributed by atoms with Gasteiger partial charge < -0.3 is 10.6 Å². The molecule has 0 radical (unpaired) electrons. The van der Waals surface area contributed by atoms with E-state index in [9.17, 15) is 0 Å². The molecule has 3 heteroatoms. The van der Waals surface area contributed by atoms with Gasteiger partial charge in [0.25, 0.3) is 0 Å². The molecule has 16 heavy (non-hydrogen) atoms. The molecule has 0 saturated heterocycles. The largest absolute Gasteiger partial charge is 0.402 e. The van der Waals surface area contributed by atoms with Gasteiger partial charge in [0.2, 0.25) is 5.69 Å². The number of hydrogen-bond acceptors (Lipinski definition) is 2. The van der Waals surface area contributed by atoms with E-state index in [1.807, 2.05) is 36.5 Å². The number of likely N-dealkylation sites (N-methyl/N-ethyl adjacent to an activating group) is 1. The molecule has 0 atom stereocenters. The van der Waals surface area contributed by atoms with Crippen LogP contribution in [0, 0.1) is 0 Å². The quantitative estimate of drug-likeness (QED) is 0.684. The van der Waals surface area contributed by atoms with Crippen LogP contribution in [-0.4, -0.2) is 31.3 Å². The fourth-order valence-electron chi connectivity index (χ4n) is 1.79. The van der Waals surface area contributed by atoms with E-state index in [-0.39, 0.29) is 0 Å². The fourth-order valence-corrected chi connectivity index (χ4v) is 1.79. The average Bonchev–Trinajstić information content (AvgIpc) is 2.32. The van der Waals surface area contributed by atoms with Crippen molar-refractivity contribution in [2.24, 2.45) is 5.73 Å². The van der Waals surface area contributed by atoms with E-state index in [1.54, 1.807) is 0 Å². The van der Waals surface area contributed by atoms with Crippen molar-refractivity contribution in [2.75, 3.05) is 20.1 Å². The number of nitrogens with two attached hydrogens (primary N) is 1. The van der Waals surface area contributed by atoms with E-state index >= 15 is 0 Å². The van der Waals surface area contributed by atoms with Crippen LogP contribution in [-0.2, 0) is 0 Å². The molecule has 1 aliphatic heterocycles. The number of benzene rings is 1. The Bertz CT molecular complexity index is 406. The van der Waals surface area contributed by atoms with Gasteiger partial charge >= 0.3 is 0 Å². The summed E-state index contributed by atoms with van der Waals surface area (Å²) in [4.78, 5) is 5.55. The molecular weight excluding hydrogens is 198 g/mol. The summed E-state index contributed by atoms with van der Waals surface area (Å²) in [7, 11) is 2.11. The SMILES string of the molecule is CN1CCC(N)=C(C=[NH+]c2ccccc2)C1. The van der Waals surface area contributed by atoms with Gasteiger partial charge in [-0.3, -0.25) is 0 Å². The third-order valence-corrected chi connectivity index (χ3v) is 2.80. The maximum Gasteiger partial charge on any atom is 0.203 e. The number of nitrogens with one attached hydrogen (secondary N) is 1. The summed E-state index contributed by atoms with van der Waals surface area (Å²) in [6.07, 6.45) is 2.97. The molecule has 3 N–H and O–H groups in total. The topological polar surface area (TPSA) is 43.2 Å². The Morgan fingerprint density at radius 3 is 2.81 bits per heavy atom. The molecule has 0 amide bonds. The molecule has 0 fully saturated rings. The monoisotopic (exact) mass is 216 g/mol. The summed E-state index contributed by atoms with van der Waals surface area (Å²) >= 11 is 0. The zero-order valence-electron chi connectivity index (χ0n) is 9.61. The number of hydrogen-bond donors (Lipinski definition) is 2. The Hall–Kier alpha value is -1.61. The van der Waals surface area contributed by atoms with E-state index in [1.165, 1.54) is 5.57 Å². The van der Waals surface area contributed by atoms with Crippen molar-refractivity contribution in [3.05, 3.63) is 41.6 Å². The normalized spacial score (nSPS) is 18.3. The molecule has 1 heterocycles. The zero-order valence-corrected chi connectivity index (χ0v) is 9.61. The Kier molecular flexibility index (Phi) is 3.37. The highest BCUT2D eigenvalue weighted by molar-refractivity contribution is 5.76. The van der Waals surface area contributed by atoms with E-state index in [0.29, 0.717) is 0 Å². The second kappa shape index (κ2) is 4.94. The number of nitrogens with zero attached hydrogens (tertiary/aromatic N) is 1. The van der Waals surface area contributed by atoms with Crippen LogP contribution < -0.4 is 10.7 Å². The lowest BCUT2D eigenvalue weighted by atomic mass is 10.1. The molecular formula is C13H18N3+. The summed E-state index contributed by atoms with van der Waals surface area (Å²) < 4.78 is 0. The Morgan fingerprint density at radius 1 is 1.31 bits per heavy atom. The fraction of sp³-hybridized carbons (Fsp3) is 0.308. The molecule has 1 aromatic carbocycles. The second-order valence-electron chi connectivity index (χ2n) is 4.19. The summed E-state index contributed by atoms with van der Waals surface area (Å²) in [5, 5.41) is 0. The van der Waals surface area contributed by atoms with Gasteiger partial charge in [-0.1, -0.05) is 18.2 Å². The van der Waals surface area contributed by atoms with Gasteiger partial charge in [-0.15, -0.1) is 0 Å². The minimum atomic E-state index is 0.922. The highest BCUT2D eigenvalue weighted by Gasteiger charge is 2.14. The first kappa shape index (κ1) is 10.9. The van der Waals surface area contributed by atoms with Crippen molar-refractivity contribution < 1.29 is 4.99 Å². The van der Waals surface area contributed by atoms with Crippen LogP contribution in [0.2, 0.25) is 0 Å². The second-order valence-corrected chi connectivity index (χ2v) is 4.19. The summed E-state index contributed by atoms with van der Waals surface area (Å²) in [5.41, 5.74) is 9.27. The van der Waals surface area contributed by atoms with Crippen LogP contribution >= 0.6 is 0 Å². The lowest BCUT2D eigenvalue weighted by Crippen LogP contribution is -2.62. The van der Waals surface area contributed by atoms with E-state index in [2.05, 4.69) is 16.9 Å². The average molecular weight is 216 g/mol. The molecule has 3 nitrogen and oxygen atoms in total. The predicted octanol–water partition coefficient (Wildman–Crippen LogP) is 0.0178. The third kappa shape index (κ3) is 2.70. The smallest absolute Gasteiger partial charge is 0.203 e. The number of para-hydroxylation sites is 1. The first-order chi connectivity index (χ1) is 7.75. The number of rotatable bonds is 2. The minimum absolute atomic E-state index is 0.922. The van der Waals surface area contributed by atoms with E-state index < -0.39 is 0 Å². The zero-order chi connectivity index (χ0) is 11.4. The van der Waals surface area contributed by atoms with Crippen LogP contribution in [0.4, 0.5) is 5.69 Å². The van der Waals surface area contributed by atoms with E-state index in [0.717, 1.165) is 30.9 Å². The summed E-state index contributed by atoms with van der Waals surface area (Å²) in [6.45, 7) is 1.97. The summed E-state index contributed by atoms with van der Waals surface area (Å²) in [6, 6.07) is 10.1. The van der Waals surface area contributed by atoms with Gasteiger partial charge in [-0.05, 0) is 7.05 Å². The molecule has 0 aromatic heterocycles. The predicted molar refractivity (Wildman–Crippen MR) is 66.5 cm³/mol. The van der Waals surface area contributed by atoms with E-state index in [4.69, 9.17) is 5.73 Å².